The highest BCUT2D eigenvalue weighted by Crippen LogP contribution is 2.46. The molecule has 3 saturated carbocycles. The van der Waals surface area contributed by atoms with Gasteiger partial charge in [0.15, 0.2) is 5.69 Å². The monoisotopic (exact) mass is 1440 g/mol. The summed E-state index contributed by atoms with van der Waals surface area (Å²) in [6.07, 6.45) is 19.0. The van der Waals surface area contributed by atoms with Crippen LogP contribution in [0.15, 0.2) is 186 Å². The first-order valence-electron chi connectivity index (χ1n) is 35.3. The number of halogens is 3. The predicted molar refractivity (Wildman–Crippen MR) is 407 cm³/mol. The van der Waals surface area contributed by atoms with Crippen LogP contribution in [0.3, 0.4) is 0 Å². The van der Waals surface area contributed by atoms with Crippen LogP contribution in [0.25, 0.3) is 16.3 Å². The molecule has 4 fully saturated rings. The number of hydrogen-bond acceptors (Lipinski definition) is 13. The molecule has 4 heterocycles. The number of nitrogens with two attached hydrogens (primary N) is 2. The number of carbonyl (C=O) groups excluding carboxylic acids is 2. The molecule has 532 valence electrons. The van der Waals surface area contributed by atoms with Crippen LogP contribution in [0.5, 0.6) is 0 Å². The Hall–Kier alpha value is -7.65. The second kappa shape index (κ2) is 35.5. The number of aryl methyl sites for hydroxylation is 2. The topological polar surface area (TPSA) is 202 Å². The van der Waals surface area contributed by atoms with E-state index >= 15 is 0 Å². The van der Waals surface area contributed by atoms with E-state index in [0.29, 0.717) is 39.7 Å². The van der Waals surface area contributed by atoms with Crippen LogP contribution in [0.2, 0.25) is 10.0 Å². The summed E-state index contributed by atoms with van der Waals surface area (Å²) in [5, 5.41) is 23.2. The third-order valence-electron chi connectivity index (χ3n) is 20.9. The quantitative estimate of drug-likeness (QED) is 0.0633. The molecule has 1 saturated heterocycles. The van der Waals surface area contributed by atoms with E-state index in [1.165, 1.54) is 66.1 Å². The number of aromatic carboxylic acids is 1. The zero-order valence-corrected chi connectivity index (χ0v) is 62.1. The number of nitrogens with one attached hydrogen (secondary N) is 1. The molecular weight excluding hydrogens is 1350 g/mol. The first kappa shape index (κ1) is 76.0. The summed E-state index contributed by atoms with van der Waals surface area (Å²) in [6.45, 7) is 6.08. The number of piperidine rings is 1. The molecular formula is C81H96Cl2FN11O4S2. The Morgan fingerprint density at radius 2 is 1.25 bits per heavy atom. The number of hydrogen-bond donors (Lipinski definition) is 4. The molecule has 0 radical (unpaired) electrons. The number of para-hydroxylation sites is 1. The number of aromatic nitrogens is 5. The lowest BCUT2D eigenvalue weighted by atomic mass is 9.72. The Kier molecular flexibility index (Phi) is 26.7. The lowest BCUT2D eigenvalue weighted by molar-refractivity contribution is -0.121. The van der Waals surface area contributed by atoms with Crippen molar-refractivity contribution in [1.29, 1.82) is 0 Å². The molecule has 101 heavy (non-hydrogen) atoms. The summed E-state index contributed by atoms with van der Waals surface area (Å²) in [7, 11) is 8.59. The Bertz CT molecular complexity index is 4150. The highest BCUT2D eigenvalue weighted by Gasteiger charge is 2.43. The fourth-order valence-corrected chi connectivity index (χ4v) is 17.1. The minimum atomic E-state index is -1.06. The molecule has 15 nitrogen and oxygen atoms in total. The standard InChI is InChI=1S/C29H35N3OS.C27H29Cl2N3OS.C15H23FN2.C10H9N3O2/c1-22-26(31-28(34-22)23-11-5-2-6-12-23)21-27(33)30-25-15-17-29(18-16-25,24-13-7-3-8-14-24)32-19-9-4-10-20-32;1-32(2)27(17-18-4-3-5-21(29)16-18)14-12-19(13-15-27)24-11-10-23(25(30)33)26(31-24)34-22-8-6-20(28)7-9-22;1-18(2)15(8-6-14(17)7-9-15)11-12-4-3-5-13(16)10-12;1-7-9(10(14)15)12-13(11-7)8-5-3-2-4-6-8/h2-3,5-8,11-14,25H,4,9-10,15-21H2,1H3,(H,30,33);3-11,16,19H,12-15,17H2,1-2H3,(H2,30,33);3-5,10,14H,6-9,11,17H2,1-2H3;2-6H,1H3,(H,14,15). The van der Waals surface area contributed by atoms with Crippen molar-refractivity contribution in [2.45, 2.75) is 174 Å². The lowest BCUT2D eigenvalue weighted by Crippen LogP contribution is -2.53. The van der Waals surface area contributed by atoms with E-state index in [0.717, 1.165) is 138 Å². The number of amides is 2. The smallest absolute Gasteiger partial charge is 0.358 e. The van der Waals surface area contributed by atoms with Gasteiger partial charge in [-0.2, -0.15) is 9.90 Å². The summed E-state index contributed by atoms with van der Waals surface area (Å²) in [5.41, 5.74) is 20.4. The second-order valence-corrected chi connectivity index (χ2v) is 31.0. The average Bonchev–Trinajstić information content (AvgIpc) is 1.52. The van der Waals surface area contributed by atoms with Gasteiger partial charge in [0.05, 0.1) is 29.1 Å². The minimum absolute atomic E-state index is 0.0150. The van der Waals surface area contributed by atoms with Crippen molar-refractivity contribution in [3.63, 3.8) is 0 Å². The number of likely N-dealkylation sites (N-methyl/N-ethyl adjacent to an activating group) is 2. The summed E-state index contributed by atoms with van der Waals surface area (Å²) in [5.74, 6) is -1.22. The van der Waals surface area contributed by atoms with Crippen LogP contribution in [0.1, 0.15) is 162 Å². The number of thiazole rings is 1. The molecule has 13 rings (SSSR count). The summed E-state index contributed by atoms with van der Waals surface area (Å²) >= 11 is 15.4. The van der Waals surface area contributed by atoms with Crippen molar-refractivity contribution < 1.29 is 23.9 Å². The van der Waals surface area contributed by atoms with E-state index < -0.39 is 11.9 Å². The molecule has 0 unspecified atom stereocenters. The van der Waals surface area contributed by atoms with Crippen molar-refractivity contribution >= 4 is 64.1 Å². The first-order chi connectivity index (χ1) is 48.6. The molecule has 3 aliphatic carbocycles. The van der Waals surface area contributed by atoms with E-state index in [-0.39, 0.29) is 40.1 Å². The van der Waals surface area contributed by atoms with Crippen LogP contribution in [0.4, 0.5) is 4.39 Å². The normalized spacial score (nSPS) is 21.4. The van der Waals surface area contributed by atoms with Crippen LogP contribution >= 0.6 is 46.3 Å². The molecule has 0 atom stereocenters. The number of carboxylic acids is 1. The fourth-order valence-electron chi connectivity index (χ4n) is 14.9. The Morgan fingerprint density at radius 3 is 1.82 bits per heavy atom. The number of pyridine rings is 1. The molecule has 6 N–H and O–H groups in total. The molecule has 0 spiro atoms. The minimum Gasteiger partial charge on any atom is -0.476 e. The summed E-state index contributed by atoms with van der Waals surface area (Å²) < 4.78 is 13.3. The maximum absolute atomic E-state index is 13.3. The van der Waals surface area contributed by atoms with Gasteiger partial charge in [-0.25, -0.2) is 19.2 Å². The van der Waals surface area contributed by atoms with Gasteiger partial charge < -0.3 is 31.7 Å². The molecule has 0 bridgehead atoms. The first-order valence-corrected chi connectivity index (χ1v) is 37.7. The number of benzene rings is 6. The summed E-state index contributed by atoms with van der Waals surface area (Å²) in [6, 6.07) is 57.5. The van der Waals surface area contributed by atoms with E-state index in [4.69, 9.17) is 49.7 Å². The number of primary amides is 1. The molecule has 6 aromatic carbocycles. The number of likely N-dealkylation sites (tertiary alicyclic amines) is 1. The Morgan fingerprint density at radius 1 is 0.663 bits per heavy atom. The number of carbonyl (C=O) groups is 3. The molecule has 1 aliphatic heterocycles. The van der Waals surface area contributed by atoms with Gasteiger partial charge in [0, 0.05) is 65.7 Å². The Balaban J connectivity index is 0.000000153. The summed E-state index contributed by atoms with van der Waals surface area (Å²) in [4.78, 5) is 56.3. The predicted octanol–water partition coefficient (Wildman–Crippen LogP) is 16.8. The van der Waals surface area contributed by atoms with Crippen LogP contribution < -0.4 is 16.8 Å². The highest BCUT2D eigenvalue weighted by atomic mass is 35.5. The zero-order valence-electron chi connectivity index (χ0n) is 59.0. The van der Waals surface area contributed by atoms with Gasteiger partial charge in [0.2, 0.25) is 5.91 Å². The van der Waals surface area contributed by atoms with Crippen LogP contribution in [-0.4, -0.2) is 127 Å². The van der Waals surface area contributed by atoms with Gasteiger partial charge in [0.1, 0.15) is 15.9 Å². The molecule has 2 amide bonds. The van der Waals surface area contributed by atoms with Crippen molar-refractivity contribution in [1.82, 2.24) is 45.0 Å². The maximum Gasteiger partial charge on any atom is 0.358 e. The number of rotatable bonds is 18. The van der Waals surface area contributed by atoms with E-state index in [1.54, 1.807) is 30.4 Å². The van der Waals surface area contributed by atoms with Gasteiger partial charge in [-0.1, -0.05) is 145 Å². The van der Waals surface area contributed by atoms with Gasteiger partial charge in [0.25, 0.3) is 5.91 Å². The Labute approximate surface area is 613 Å². The third kappa shape index (κ3) is 20.2. The van der Waals surface area contributed by atoms with Crippen molar-refractivity contribution in [2.75, 3.05) is 41.3 Å². The largest absolute Gasteiger partial charge is 0.476 e. The van der Waals surface area contributed by atoms with Crippen LogP contribution in [0, 0.1) is 19.7 Å². The lowest BCUT2D eigenvalue weighted by Gasteiger charge is -2.50. The SMILES string of the molecule is CN(C)C1(Cc2cccc(Cl)c2)CCC(c2ccc(C(N)=O)c(Sc3ccc(Cl)cc3)n2)CC1.CN(C)C1(Cc2cccc(F)c2)CCC(N)CC1.Cc1nn(-c2ccccc2)nc1C(=O)O.Cc1sc(-c2ccccc2)nc1CC(=O)NC1CCC(c2ccccc2)(N2CCCCC2)CC1. The van der Waals surface area contributed by atoms with Crippen LogP contribution in [-0.2, 0) is 29.6 Å². The van der Waals surface area contributed by atoms with Crippen molar-refractivity contribution in [3.8, 4) is 16.3 Å². The molecule has 20 heteroatoms. The van der Waals surface area contributed by atoms with E-state index in [2.05, 4.69) is 120 Å². The maximum atomic E-state index is 13.3. The van der Waals surface area contributed by atoms with Gasteiger partial charge in [-0.15, -0.1) is 16.4 Å². The fraction of sp³-hybridized carbons (Fsp3) is 0.395. The second-order valence-electron chi connectivity index (χ2n) is 27.9. The van der Waals surface area contributed by atoms with E-state index in [1.807, 2.05) is 103 Å². The average molecular weight is 1440 g/mol. The third-order valence-corrected chi connectivity index (χ3v) is 23.4. The molecule has 9 aromatic rings. The van der Waals surface area contributed by atoms with Crippen molar-refractivity contribution in [3.05, 3.63) is 242 Å². The molecule has 4 aliphatic rings. The van der Waals surface area contributed by atoms with Gasteiger partial charge >= 0.3 is 5.97 Å². The number of nitrogens with zero attached hydrogens (tertiary/aromatic N) is 8. The van der Waals surface area contributed by atoms with Gasteiger partial charge in [-0.3, -0.25) is 14.5 Å². The van der Waals surface area contributed by atoms with Gasteiger partial charge in [-0.05, 0) is 247 Å². The zero-order chi connectivity index (χ0) is 71.7. The number of carboxylic acid groups (broad SMARTS) is 1. The van der Waals surface area contributed by atoms with E-state index in [9.17, 15) is 18.8 Å². The molecule has 3 aromatic heterocycles. The van der Waals surface area contributed by atoms with Crippen molar-refractivity contribution in [2.24, 2.45) is 11.5 Å². The highest BCUT2D eigenvalue weighted by molar-refractivity contribution is 7.99.